The highest BCUT2D eigenvalue weighted by Crippen LogP contribution is 2.27. The highest BCUT2D eigenvalue weighted by Gasteiger charge is 2.35. The molecule has 0 saturated carbocycles. The summed E-state index contributed by atoms with van der Waals surface area (Å²) in [5, 5.41) is 9.84. The summed E-state index contributed by atoms with van der Waals surface area (Å²) in [5.41, 5.74) is -1.08. The van der Waals surface area contributed by atoms with Crippen LogP contribution < -0.4 is 11.2 Å². The van der Waals surface area contributed by atoms with Crippen molar-refractivity contribution >= 4 is 0 Å². The summed E-state index contributed by atoms with van der Waals surface area (Å²) < 4.78 is 6.70. The number of hydrogen-bond acceptors (Lipinski definition) is 6. The number of H-pyrrole nitrogens is 1. The molecule has 0 aliphatic carbocycles. The SMILES string of the molecule is CC#COOC[C@H]1O[C@@H](n2ccc(=O)[nH]c2=O)C[C@@H]1O. The molecule has 1 aromatic rings. The van der Waals surface area contributed by atoms with Crippen LogP contribution in [0, 0.1) is 12.0 Å². The minimum Gasteiger partial charge on any atom is -0.390 e. The lowest BCUT2D eigenvalue weighted by atomic mass is 10.2. The summed E-state index contributed by atoms with van der Waals surface area (Å²) in [5.74, 6) is 2.47. The van der Waals surface area contributed by atoms with Crippen LogP contribution in [0.4, 0.5) is 0 Å². The first kappa shape index (κ1) is 14.3. The summed E-state index contributed by atoms with van der Waals surface area (Å²) in [7, 11) is 0. The molecule has 108 valence electrons. The Labute approximate surface area is 113 Å². The predicted octanol–water partition coefficient (Wildman–Crippen LogP) is -0.886. The average molecular weight is 282 g/mol. The van der Waals surface area contributed by atoms with Gasteiger partial charge >= 0.3 is 5.69 Å². The fourth-order valence-corrected chi connectivity index (χ4v) is 1.86. The number of aromatic amines is 1. The maximum atomic E-state index is 11.6. The van der Waals surface area contributed by atoms with Crippen LogP contribution in [0.3, 0.4) is 0 Å². The molecule has 1 saturated heterocycles. The van der Waals surface area contributed by atoms with Gasteiger partial charge in [0, 0.05) is 25.6 Å². The van der Waals surface area contributed by atoms with Gasteiger partial charge in [-0.05, 0) is 0 Å². The summed E-state index contributed by atoms with van der Waals surface area (Å²) in [6.07, 6.45) is 1.65. The number of aromatic nitrogens is 2. The summed E-state index contributed by atoms with van der Waals surface area (Å²) in [6, 6.07) is 1.21. The van der Waals surface area contributed by atoms with E-state index < -0.39 is 29.7 Å². The Morgan fingerprint density at radius 3 is 3.10 bits per heavy atom. The number of nitrogens with zero attached hydrogens (tertiary/aromatic N) is 1. The van der Waals surface area contributed by atoms with Gasteiger partial charge in [-0.3, -0.25) is 19.2 Å². The molecule has 1 aliphatic rings. The highest BCUT2D eigenvalue weighted by molar-refractivity contribution is 4.88. The van der Waals surface area contributed by atoms with Crippen molar-refractivity contribution in [1.29, 1.82) is 0 Å². The standard InChI is InChI=1S/C12H14N2O6/c1-2-5-18-19-7-9-8(15)6-11(20-9)14-4-3-10(16)13-12(14)17/h3-4,8-9,11,15H,6-7H2,1H3,(H,13,16,17)/t8-,9+,11+/m0/s1. The molecule has 2 rings (SSSR count). The van der Waals surface area contributed by atoms with Gasteiger partial charge in [-0.25, -0.2) is 4.79 Å². The molecular weight excluding hydrogens is 268 g/mol. The van der Waals surface area contributed by atoms with E-state index in [1.807, 2.05) is 0 Å². The first-order valence-corrected chi connectivity index (χ1v) is 5.97. The van der Waals surface area contributed by atoms with E-state index in [0.29, 0.717) is 0 Å². The van der Waals surface area contributed by atoms with E-state index in [2.05, 4.69) is 21.9 Å². The van der Waals surface area contributed by atoms with Crippen molar-refractivity contribution in [2.45, 2.75) is 31.8 Å². The largest absolute Gasteiger partial charge is 0.390 e. The van der Waals surface area contributed by atoms with Gasteiger partial charge in [-0.2, -0.15) is 4.89 Å². The lowest BCUT2D eigenvalue weighted by Gasteiger charge is -2.14. The van der Waals surface area contributed by atoms with Crippen LogP contribution in [0.5, 0.6) is 0 Å². The fraction of sp³-hybridized carbons (Fsp3) is 0.500. The molecule has 0 aromatic carbocycles. The van der Waals surface area contributed by atoms with Gasteiger partial charge in [0.1, 0.15) is 18.9 Å². The molecule has 8 heteroatoms. The maximum absolute atomic E-state index is 11.6. The number of aliphatic hydroxyl groups is 1. The quantitative estimate of drug-likeness (QED) is 0.321. The lowest BCUT2D eigenvalue weighted by molar-refractivity contribution is -0.259. The Hall–Kier alpha value is -2.08. The molecule has 2 heterocycles. The molecule has 0 amide bonds. The van der Waals surface area contributed by atoms with E-state index in [-0.39, 0.29) is 13.0 Å². The third-order valence-electron chi connectivity index (χ3n) is 2.80. The van der Waals surface area contributed by atoms with Crippen molar-refractivity contribution in [2.75, 3.05) is 6.61 Å². The van der Waals surface area contributed by atoms with E-state index >= 15 is 0 Å². The van der Waals surface area contributed by atoms with E-state index in [0.717, 1.165) is 0 Å². The topological polar surface area (TPSA) is 103 Å². The Morgan fingerprint density at radius 1 is 1.60 bits per heavy atom. The molecule has 0 spiro atoms. The van der Waals surface area contributed by atoms with Gasteiger partial charge in [0.05, 0.1) is 6.10 Å². The van der Waals surface area contributed by atoms with Crippen molar-refractivity contribution in [3.63, 3.8) is 0 Å². The maximum Gasteiger partial charge on any atom is 0.330 e. The number of aliphatic hydroxyl groups excluding tert-OH is 1. The minimum absolute atomic E-state index is 0.0234. The van der Waals surface area contributed by atoms with Crippen LogP contribution in [-0.2, 0) is 14.5 Å². The molecule has 2 N–H and O–H groups in total. The van der Waals surface area contributed by atoms with Gasteiger partial charge in [-0.15, -0.1) is 0 Å². The average Bonchev–Trinajstić information content (AvgIpc) is 2.76. The summed E-state index contributed by atoms with van der Waals surface area (Å²) >= 11 is 0. The predicted molar refractivity (Wildman–Crippen MR) is 66.3 cm³/mol. The van der Waals surface area contributed by atoms with Crippen LogP contribution in [0.2, 0.25) is 0 Å². The Bertz CT molecular complexity index is 625. The first-order chi connectivity index (χ1) is 9.61. The number of nitrogens with one attached hydrogen (secondary N) is 1. The molecule has 0 radical (unpaired) electrons. The Kier molecular flexibility index (Phi) is 4.57. The Balaban J connectivity index is 2.00. The second kappa shape index (κ2) is 6.38. The second-order valence-electron chi connectivity index (χ2n) is 4.17. The third kappa shape index (κ3) is 3.27. The fourth-order valence-electron chi connectivity index (χ4n) is 1.86. The van der Waals surface area contributed by atoms with Crippen LogP contribution in [0.1, 0.15) is 19.6 Å². The van der Waals surface area contributed by atoms with Crippen molar-refractivity contribution in [1.82, 2.24) is 9.55 Å². The zero-order valence-corrected chi connectivity index (χ0v) is 10.7. The lowest BCUT2D eigenvalue weighted by Crippen LogP contribution is -2.31. The third-order valence-corrected chi connectivity index (χ3v) is 2.80. The monoisotopic (exact) mass is 282 g/mol. The highest BCUT2D eigenvalue weighted by atomic mass is 17.2. The van der Waals surface area contributed by atoms with Crippen LogP contribution in [-0.4, -0.2) is 33.5 Å². The normalized spacial score (nSPS) is 25.0. The summed E-state index contributed by atoms with van der Waals surface area (Å²) in [6.45, 7) is 1.56. The van der Waals surface area contributed by atoms with Gasteiger partial charge in [0.25, 0.3) is 5.56 Å². The van der Waals surface area contributed by atoms with Crippen molar-refractivity contribution in [2.24, 2.45) is 0 Å². The van der Waals surface area contributed by atoms with Gasteiger partial charge in [0.15, 0.2) is 6.11 Å². The molecule has 3 atom stereocenters. The van der Waals surface area contributed by atoms with Gasteiger partial charge < -0.3 is 9.84 Å². The molecule has 1 aliphatic heterocycles. The molecule has 20 heavy (non-hydrogen) atoms. The Morgan fingerprint density at radius 2 is 2.40 bits per heavy atom. The second-order valence-corrected chi connectivity index (χ2v) is 4.17. The van der Waals surface area contributed by atoms with E-state index in [9.17, 15) is 14.7 Å². The molecule has 0 unspecified atom stereocenters. The molecule has 8 nitrogen and oxygen atoms in total. The van der Waals surface area contributed by atoms with Gasteiger partial charge in [-0.1, -0.05) is 5.92 Å². The number of ether oxygens (including phenoxy) is 1. The zero-order valence-electron chi connectivity index (χ0n) is 10.7. The minimum atomic E-state index is -0.808. The number of rotatable bonds is 4. The van der Waals surface area contributed by atoms with Crippen LogP contribution >= 0.6 is 0 Å². The molecule has 1 aromatic heterocycles. The van der Waals surface area contributed by atoms with Crippen LogP contribution in [0.15, 0.2) is 21.9 Å². The van der Waals surface area contributed by atoms with Gasteiger partial charge in [0.2, 0.25) is 0 Å². The zero-order chi connectivity index (χ0) is 14.5. The van der Waals surface area contributed by atoms with Crippen molar-refractivity contribution in [3.8, 4) is 12.0 Å². The molecular formula is C12H14N2O6. The first-order valence-electron chi connectivity index (χ1n) is 5.97. The smallest absolute Gasteiger partial charge is 0.330 e. The summed E-state index contributed by atoms with van der Waals surface area (Å²) in [4.78, 5) is 34.0. The van der Waals surface area contributed by atoms with E-state index in [1.165, 1.54) is 16.8 Å². The van der Waals surface area contributed by atoms with Crippen molar-refractivity contribution < 1.29 is 19.6 Å². The van der Waals surface area contributed by atoms with E-state index in [1.54, 1.807) is 6.92 Å². The molecule has 0 bridgehead atoms. The van der Waals surface area contributed by atoms with Crippen molar-refractivity contribution in [3.05, 3.63) is 33.1 Å². The molecule has 1 fully saturated rings. The number of hydrogen-bond donors (Lipinski definition) is 2. The van der Waals surface area contributed by atoms with E-state index in [4.69, 9.17) is 9.62 Å². The van der Waals surface area contributed by atoms with Crippen LogP contribution in [0.25, 0.3) is 0 Å².